The van der Waals surface area contributed by atoms with E-state index in [4.69, 9.17) is 34.2 Å². The molecular formula is C48H70CaN4O3. The second-order valence-electron chi connectivity index (χ2n) is 17.7. The van der Waals surface area contributed by atoms with Crippen LogP contribution < -0.4 is 0 Å². The normalized spacial score (nSPS) is 13.7. The van der Waals surface area contributed by atoms with Crippen molar-refractivity contribution in [2.24, 2.45) is 20.8 Å². The Labute approximate surface area is 370 Å². The van der Waals surface area contributed by atoms with E-state index in [0.717, 1.165) is 47.8 Å². The van der Waals surface area contributed by atoms with Crippen molar-refractivity contribution >= 4 is 60.8 Å². The summed E-state index contributed by atoms with van der Waals surface area (Å²) >= 11 is 0. The number of hydrogen-bond acceptors (Lipinski definition) is 5. The van der Waals surface area contributed by atoms with Crippen molar-refractivity contribution in [3.63, 3.8) is 0 Å². The van der Waals surface area contributed by atoms with Crippen LogP contribution in [-0.2, 0) is 17.8 Å². The number of furan rings is 2. The standard InChI is InChI=1S/2C22H31N2O.C4H8O.Ca/c2*1-15(2)18-11-8-12-19(16(3)4)20(18)24-21(22(5,6)7)23-14-17-10-9-13-25-17;1-2-4-5-3-1;/h2*8-13,15-16H,14H2,1-7H3;1-4H2;/q2*-1;;+2. The van der Waals surface area contributed by atoms with E-state index in [1.165, 1.54) is 35.1 Å². The van der Waals surface area contributed by atoms with Gasteiger partial charge in [0.05, 0.1) is 12.5 Å². The molecule has 3 heterocycles. The molecule has 1 saturated heterocycles. The van der Waals surface area contributed by atoms with Gasteiger partial charge < -0.3 is 34.2 Å². The minimum Gasteiger partial charge on any atom is -0.469 e. The summed E-state index contributed by atoms with van der Waals surface area (Å²) in [5.41, 5.74) is 7.02. The molecule has 1 fully saturated rings. The topological polar surface area (TPSA) is 88.4 Å². The number of benzene rings is 2. The quantitative estimate of drug-likeness (QED) is 0.0910. The van der Waals surface area contributed by atoms with Crippen molar-refractivity contribution in [3.8, 4) is 0 Å². The van der Waals surface area contributed by atoms with Crippen molar-refractivity contribution in [2.75, 3.05) is 13.2 Å². The van der Waals surface area contributed by atoms with Crippen molar-refractivity contribution in [1.82, 2.24) is 0 Å². The molecule has 2 aromatic heterocycles. The van der Waals surface area contributed by atoms with Crippen molar-refractivity contribution in [2.45, 2.75) is 147 Å². The van der Waals surface area contributed by atoms with Crippen LogP contribution in [0.25, 0.3) is 10.6 Å². The monoisotopic (exact) mass is 791 g/mol. The predicted molar refractivity (Wildman–Crippen MR) is 240 cm³/mol. The summed E-state index contributed by atoms with van der Waals surface area (Å²) in [7, 11) is 0. The van der Waals surface area contributed by atoms with E-state index in [1.54, 1.807) is 12.5 Å². The molecule has 1 aliphatic heterocycles. The molecule has 0 aliphatic carbocycles. The van der Waals surface area contributed by atoms with E-state index in [9.17, 15) is 0 Å². The van der Waals surface area contributed by atoms with Gasteiger partial charge in [-0.05, 0) is 105 Å². The van der Waals surface area contributed by atoms with Gasteiger partial charge in [0.25, 0.3) is 0 Å². The van der Waals surface area contributed by atoms with Crippen LogP contribution in [0.2, 0.25) is 0 Å². The van der Waals surface area contributed by atoms with Crippen molar-refractivity contribution in [1.29, 1.82) is 0 Å². The van der Waals surface area contributed by atoms with E-state index in [-0.39, 0.29) is 48.6 Å². The minimum atomic E-state index is -0.134. The van der Waals surface area contributed by atoms with Crippen LogP contribution >= 0.6 is 0 Å². The SMILES string of the molecule is C1CCOC1.CC(C)c1cccc(C(C)C)c1N=C([N-]Cc1ccco1)C(C)(C)C.CC(C)c1cccc(C(C)C)c1N=C([N-]Cc1ccco1)C(C)(C)C.[Ca+2]. The summed E-state index contributed by atoms with van der Waals surface area (Å²) in [5, 5.41) is 9.58. The van der Waals surface area contributed by atoms with E-state index in [1.807, 2.05) is 24.3 Å². The molecule has 0 amide bonds. The molecule has 302 valence electrons. The summed E-state index contributed by atoms with van der Waals surface area (Å²) < 4.78 is 15.8. The van der Waals surface area contributed by atoms with Gasteiger partial charge in [0.15, 0.2) is 0 Å². The number of amidine groups is 2. The van der Waals surface area contributed by atoms with Crippen LogP contribution in [0.5, 0.6) is 0 Å². The first-order valence-electron chi connectivity index (χ1n) is 20.3. The first kappa shape index (κ1) is 49.3. The van der Waals surface area contributed by atoms with Crippen LogP contribution in [-0.4, -0.2) is 62.6 Å². The Balaban J connectivity index is 0.000000337. The molecule has 1 aliphatic rings. The van der Waals surface area contributed by atoms with Gasteiger partial charge >= 0.3 is 37.7 Å². The Hall–Kier alpha value is -2.84. The Morgan fingerprint density at radius 1 is 0.536 bits per heavy atom. The summed E-state index contributed by atoms with van der Waals surface area (Å²) in [6.07, 6.45) is 5.92. The third kappa shape index (κ3) is 15.8. The maximum absolute atomic E-state index is 5.42. The second-order valence-corrected chi connectivity index (χ2v) is 17.7. The predicted octanol–water partition coefficient (Wildman–Crippen LogP) is 14.8. The molecule has 0 N–H and O–H groups in total. The van der Waals surface area contributed by atoms with Crippen LogP contribution in [0.3, 0.4) is 0 Å². The van der Waals surface area contributed by atoms with Crippen LogP contribution in [0.1, 0.15) is 167 Å². The minimum absolute atomic E-state index is 0. The largest absolute Gasteiger partial charge is 2.00 e. The van der Waals surface area contributed by atoms with Gasteiger partial charge in [-0.2, -0.15) is 0 Å². The van der Waals surface area contributed by atoms with E-state index in [2.05, 4.69) is 133 Å². The number of aliphatic imine (C=N–C) groups is 2. The summed E-state index contributed by atoms with van der Waals surface area (Å²) in [4.78, 5) is 10.2. The zero-order valence-corrected chi connectivity index (χ0v) is 39.4. The number of para-hydroxylation sites is 2. The van der Waals surface area contributed by atoms with Gasteiger partial charge in [0.2, 0.25) is 0 Å². The molecule has 0 atom stereocenters. The molecule has 7 nitrogen and oxygen atoms in total. The van der Waals surface area contributed by atoms with Crippen LogP contribution in [0.4, 0.5) is 11.4 Å². The van der Waals surface area contributed by atoms with E-state index < -0.39 is 0 Å². The average molecular weight is 791 g/mol. The van der Waals surface area contributed by atoms with Crippen LogP contribution in [0.15, 0.2) is 92.0 Å². The van der Waals surface area contributed by atoms with Crippen molar-refractivity contribution in [3.05, 3.63) is 118 Å². The zero-order valence-electron chi connectivity index (χ0n) is 37.2. The average Bonchev–Trinajstić information content (AvgIpc) is 3.94. The first-order valence-corrected chi connectivity index (χ1v) is 20.3. The Bertz CT molecular complexity index is 1570. The first-order chi connectivity index (χ1) is 25.9. The number of nitrogens with zero attached hydrogens (tertiary/aromatic N) is 4. The number of rotatable bonds is 10. The third-order valence-corrected chi connectivity index (χ3v) is 9.22. The molecule has 0 spiro atoms. The molecule has 0 bridgehead atoms. The Morgan fingerprint density at radius 3 is 1.07 bits per heavy atom. The fourth-order valence-electron chi connectivity index (χ4n) is 5.99. The summed E-state index contributed by atoms with van der Waals surface area (Å²) in [6, 6.07) is 20.7. The molecule has 8 heteroatoms. The van der Waals surface area contributed by atoms with Gasteiger partial charge in [-0.25, -0.2) is 0 Å². The van der Waals surface area contributed by atoms with Gasteiger partial charge in [0.1, 0.15) is 11.5 Å². The molecule has 5 rings (SSSR count). The maximum Gasteiger partial charge on any atom is 2.00 e. The van der Waals surface area contributed by atoms with Gasteiger partial charge in [-0.15, -0.1) is 0 Å². The van der Waals surface area contributed by atoms with Gasteiger partial charge in [0, 0.05) is 26.3 Å². The van der Waals surface area contributed by atoms with Gasteiger partial charge in [-0.1, -0.05) is 145 Å². The maximum atomic E-state index is 5.42. The summed E-state index contributed by atoms with van der Waals surface area (Å²) in [5.74, 6) is 5.12. The van der Waals surface area contributed by atoms with Gasteiger partial charge in [-0.3, -0.25) is 0 Å². The smallest absolute Gasteiger partial charge is 0.469 e. The molecule has 0 saturated carbocycles. The number of hydrogen-bond donors (Lipinski definition) is 0. The van der Waals surface area contributed by atoms with Crippen LogP contribution in [0, 0.1) is 10.8 Å². The molecule has 0 unspecified atom stereocenters. The summed E-state index contributed by atoms with van der Waals surface area (Å²) in [6.45, 7) is 33.7. The fraction of sp³-hybridized carbons (Fsp3) is 0.542. The second kappa shape index (κ2) is 23.5. The van der Waals surface area contributed by atoms with Crippen molar-refractivity contribution < 1.29 is 13.6 Å². The zero-order chi connectivity index (χ0) is 40.8. The van der Waals surface area contributed by atoms with E-state index in [0.29, 0.717) is 36.8 Å². The molecule has 56 heavy (non-hydrogen) atoms. The molecular weight excluding hydrogens is 721 g/mol. The molecule has 0 radical (unpaired) electrons. The Kier molecular flexibility index (Phi) is 20.7. The molecule has 4 aromatic rings. The fourth-order valence-corrected chi connectivity index (χ4v) is 5.99. The molecule has 2 aromatic carbocycles. The Morgan fingerprint density at radius 2 is 0.857 bits per heavy atom. The number of ether oxygens (including phenoxy) is 1. The van der Waals surface area contributed by atoms with E-state index >= 15 is 0 Å². The third-order valence-electron chi connectivity index (χ3n) is 9.22.